The molecule has 0 radical (unpaired) electrons. The topological polar surface area (TPSA) is 80.9 Å². The van der Waals surface area contributed by atoms with Crippen molar-refractivity contribution in [2.75, 3.05) is 11.1 Å². The number of fused-ring (bicyclic) bond motifs is 1. The lowest BCUT2D eigenvalue weighted by atomic mass is 10.1. The van der Waals surface area contributed by atoms with Gasteiger partial charge in [0.25, 0.3) is 5.91 Å². The minimum atomic E-state index is -0.235. The van der Waals surface area contributed by atoms with E-state index in [1.165, 1.54) is 0 Å². The van der Waals surface area contributed by atoms with Crippen LogP contribution in [0.1, 0.15) is 10.4 Å². The number of para-hydroxylation sites is 1. The Balaban J connectivity index is 1.97. The molecule has 3 N–H and O–H groups in total. The molecule has 3 aromatic rings. The highest BCUT2D eigenvalue weighted by Crippen LogP contribution is 2.17. The van der Waals surface area contributed by atoms with Crippen LogP contribution in [-0.4, -0.2) is 15.9 Å². The number of hydrogen-bond acceptors (Lipinski definition) is 4. The average Bonchev–Trinajstić information content (AvgIpc) is 2.46. The first kappa shape index (κ1) is 12.1. The molecular weight excluding hydrogens is 252 g/mol. The number of nitrogens with one attached hydrogen (secondary N) is 1. The van der Waals surface area contributed by atoms with Gasteiger partial charge in [-0.25, -0.2) is 0 Å². The molecule has 0 fully saturated rings. The molecule has 0 aliphatic carbocycles. The summed E-state index contributed by atoms with van der Waals surface area (Å²) in [4.78, 5) is 20.7. The van der Waals surface area contributed by atoms with Gasteiger partial charge in [0.1, 0.15) is 5.52 Å². The van der Waals surface area contributed by atoms with Gasteiger partial charge in [-0.2, -0.15) is 0 Å². The molecule has 1 heterocycles. The summed E-state index contributed by atoms with van der Waals surface area (Å²) in [5.74, 6) is -0.235. The monoisotopic (exact) mass is 264 g/mol. The second kappa shape index (κ2) is 4.97. The van der Waals surface area contributed by atoms with Crippen molar-refractivity contribution in [2.24, 2.45) is 0 Å². The number of nitrogen functional groups attached to an aromatic ring is 1. The van der Waals surface area contributed by atoms with Crippen LogP contribution >= 0.6 is 0 Å². The van der Waals surface area contributed by atoms with Crippen LogP contribution in [0.5, 0.6) is 0 Å². The lowest BCUT2D eigenvalue weighted by Crippen LogP contribution is -2.13. The molecule has 0 unspecified atom stereocenters. The molecule has 0 aliphatic heterocycles. The highest BCUT2D eigenvalue weighted by atomic mass is 16.1. The standard InChI is InChI=1S/C15H12N4O/c16-10-3-1-4-11(9-10)19-15(20)12-5-2-6-13-14(12)18-8-7-17-13/h1-9H,16H2,(H,19,20). The van der Waals surface area contributed by atoms with Gasteiger partial charge in [-0.15, -0.1) is 0 Å². The summed E-state index contributed by atoms with van der Waals surface area (Å²) in [5, 5.41) is 2.80. The first-order valence-corrected chi connectivity index (χ1v) is 6.11. The molecule has 5 heteroatoms. The van der Waals surface area contributed by atoms with Crippen LogP contribution in [0.2, 0.25) is 0 Å². The molecule has 0 saturated heterocycles. The maximum Gasteiger partial charge on any atom is 0.257 e. The predicted octanol–water partition coefficient (Wildman–Crippen LogP) is 2.46. The first-order chi connectivity index (χ1) is 9.74. The van der Waals surface area contributed by atoms with E-state index in [0.717, 1.165) is 0 Å². The third-order valence-electron chi connectivity index (χ3n) is 2.89. The third-order valence-corrected chi connectivity index (χ3v) is 2.89. The van der Waals surface area contributed by atoms with Crippen LogP contribution in [0.25, 0.3) is 11.0 Å². The molecule has 3 rings (SSSR count). The van der Waals surface area contributed by atoms with E-state index in [2.05, 4.69) is 15.3 Å². The SMILES string of the molecule is Nc1cccc(NC(=O)c2cccc3nccnc23)c1. The average molecular weight is 264 g/mol. The van der Waals surface area contributed by atoms with E-state index >= 15 is 0 Å². The molecule has 1 amide bonds. The number of aromatic nitrogens is 2. The van der Waals surface area contributed by atoms with Gasteiger partial charge in [0.05, 0.1) is 11.1 Å². The van der Waals surface area contributed by atoms with Gasteiger partial charge in [0.2, 0.25) is 0 Å². The second-order valence-corrected chi connectivity index (χ2v) is 4.31. The van der Waals surface area contributed by atoms with Crippen LogP contribution in [0.4, 0.5) is 11.4 Å². The molecule has 0 atom stereocenters. The first-order valence-electron chi connectivity index (χ1n) is 6.11. The predicted molar refractivity (Wildman–Crippen MR) is 78.3 cm³/mol. The molecule has 5 nitrogen and oxygen atoms in total. The van der Waals surface area contributed by atoms with Crippen molar-refractivity contribution in [3.63, 3.8) is 0 Å². The summed E-state index contributed by atoms with van der Waals surface area (Å²) in [6.07, 6.45) is 3.17. The summed E-state index contributed by atoms with van der Waals surface area (Å²) < 4.78 is 0. The summed E-state index contributed by atoms with van der Waals surface area (Å²) >= 11 is 0. The highest BCUT2D eigenvalue weighted by Gasteiger charge is 2.11. The Morgan fingerprint density at radius 1 is 1.05 bits per heavy atom. The summed E-state index contributed by atoms with van der Waals surface area (Å²) in [6.45, 7) is 0. The normalized spacial score (nSPS) is 10.4. The number of nitrogens with two attached hydrogens (primary N) is 1. The summed E-state index contributed by atoms with van der Waals surface area (Å²) in [7, 11) is 0. The van der Waals surface area contributed by atoms with E-state index in [4.69, 9.17) is 5.73 Å². The fourth-order valence-electron chi connectivity index (χ4n) is 1.99. The fourth-order valence-corrected chi connectivity index (χ4v) is 1.99. The summed E-state index contributed by atoms with van der Waals surface area (Å²) in [6, 6.07) is 12.4. The number of carbonyl (C=O) groups is 1. The number of anilines is 2. The van der Waals surface area contributed by atoms with E-state index in [0.29, 0.717) is 28.0 Å². The zero-order valence-corrected chi connectivity index (χ0v) is 10.6. The van der Waals surface area contributed by atoms with Crippen molar-refractivity contribution in [2.45, 2.75) is 0 Å². The van der Waals surface area contributed by atoms with E-state index in [1.807, 2.05) is 6.07 Å². The van der Waals surface area contributed by atoms with Gasteiger partial charge in [0, 0.05) is 23.8 Å². The van der Waals surface area contributed by atoms with Gasteiger partial charge >= 0.3 is 0 Å². The highest BCUT2D eigenvalue weighted by molar-refractivity contribution is 6.11. The van der Waals surface area contributed by atoms with Crippen molar-refractivity contribution < 1.29 is 4.79 Å². The number of benzene rings is 2. The van der Waals surface area contributed by atoms with E-state index in [1.54, 1.807) is 48.8 Å². The van der Waals surface area contributed by atoms with Gasteiger partial charge in [0.15, 0.2) is 0 Å². The molecular formula is C15H12N4O. The third kappa shape index (κ3) is 2.29. The Labute approximate surface area is 115 Å². The Morgan fingerprint density at radius 3 is 2.70 bits per heavy atom. The van der Waals surface area contributed by atoms with Crippen molar-refractivity contribution >= 4 is 28.3 Å². The minimum absolute atomic E-state index is 0.235. The zero-order valence-electron chi connectivity index (χ0n) is 10.6. The van der Waals surface area contributed by atoms with Crippen LogP contribution < -0.4 is 11.1 Å². The smallest absolute Gasteiger partial charge is 0.257 e. The number of nitrogens with zero attached hydrogens (tertiary/aromatic N) is 2. The lowest BCUT2D eigenvalue weighted by molar-refractivity contribution is 0.102. The van der Waals surface area contributed by atoms with Gasteiger partial charge in [-0.3, -0.25) is 14.8 Å². The Hall–Kier alpha value is -2.95. The molecule has 20 heavy (non-hydrogen) atoms. The number of carbonyl (C=O) groups excluding carboxylic acids is 1. The molecule has 0 aliphatic rings. The summed E-state index contributed by atoms with van der Waals surface area (Å²) in [5.41, 5.74) is 8.69. The van der Waals surface area contributed by atoms with Crippen molar-refractivity contribution in [1.82, 2.24) is 9.97 Å². The Kier molecular flexibility index (Phi) is 3.01. The van der Waals surface area contributed by atoms with Crippen LogP contribution in [0, 0.1) is 0 Å². The van der Waals surface area contributed by atoms with Crippen molar-refractivity contribution in [1.29, 1.82) is 0 Å². The Morgan fingerprint density at radius 2 is 1.85 bits per heavy atom. The fraction of sp³-hybridized carbons (Fsp3) is 0. The molecule has 1 aromatic heterocycles. The van der Waals surface area contributed by atoms with Crippen LogP contribution in [0.15, 0.2) is 54.9 Å². The van der Waals surface area contributed by atoms with Crippen LogP contribution in [0.3, 0.4) is 0 Å². The van der Waals surface area contributed by atoms with E-state index in [9.17, 15) is 4.79 Å². The molecule has 98 valence electrons. The molecule has 0 bridgehead atoms. The quantitative estimate of drug-likeness (QED) is 0.697. The van der Waals surface area contributed by atoms with Crippen LogP contribution in [-0.2, 0) is 0 Å². The van der Waals surface area contributed by atoms with Gasteiger partial charge in [-0.1, -0.05) is 12.1 Å². The van der Waals surface area contributed by atoms with Gasteiger partial charge < -0.3 is 11.1 Å². The van der Waals surface area contributed by atoms with E-state index < -0.39 is 0 Å². The molecule has 2 aromatic carbocycles. The van der Waals surface area contributed by atoms with Crippen molar-refractivity contribution in [3.05, 3.63) is 60.4 Å². The minimum Gasteiger partial charge on any atom is -0.399 e. The largest absolute Gasteiger partial charge is 0.399 e. The second-order valence-electron chi connectivity index (χ2n) is 4.31. The molecule has 0 saturated carbocycles. The maximum atomic E-state index is 12.3. The Bertz CT molecular complexity index is 780. The number of hydrogen-bond donors (Lipinski definition) is 2. The number of rotatable bonds is 2. The van der Waals surface area contributed by atoms with E-state index in [-0.39, 0.29) is 5.91 Å². The zero-order chi connectivity index (χ0) is 13.9. The lowest BCUT2D eigenvalue weighted by Gasteiger charge is -2.07. The van der Waals surface area contributed by atoms with Gasteiger partial charge in [-0.05, 0) is 30.3 Å². The number of amides is 1. The van der Waals surface area contributed by atoms with Crippen molar-refractivity contribution in [3.8, 4) is 0 Å². The molecule has 0 spiro atoms. The maximum absolute atomic E-state index is 12.3.